The Balaban J connectivity index is 5.13. The van der Waals surface area contributed by atoms with Crippen LogP contribution >= 0.6 is 0 Å². The Kier molecular flexibility index (Phi) is 4.80. The number of carbonyl (C=O) groups excluding carboxylic acids is 3. The van der Waals surface area contributed by atoms with Crippen molar-refractivity contribution in [2.75, 3.05) is 6.61 Å². The van der Waals surface area contributed by atoms with Crippen LogP contribution in [0, 0.1) is 5.92 Å². The highest BCUT2D eigenvalue weighted by Crippen LogP contribution is 2.05. The Labute approximate surface area is 88.8 Å². The van der Waals surface area contributed by atoms with Crippen LogP contribution < -0.4 is 0 Å². The summed E-state index contributed by atoms with van der Waals surface area (Å²) >= 11 is 0. The molecule has 0 aromatic heterocycles. The van der Waals surface area contributed by atoms with Gasteiger partial charge in [-0.15, -0.1) is 0 Å². The Morgan fingerprint density at radius 2 is 1.38 bits per heavy atom. The zero-order valence-electron chi connectivity index (χ0n) is 8.13. The summed E-state index contributed by atoms with van der Waals surface area (Å²) in [5.41, 5.74) is 0. The fourth-order valence-corrected chi connectivity index (χ4v) is 0.806. The Morgan fingerprint density at radius 3 is 1.62 bits per heavy atom. The molecule has 0 atom stereocenters. The standard InChI is InChI=1S/C8H8O8/c1-2-16-8(15)3(4(9)6(11)12)5(10)7(13)14/h3H,2H2,1H3,(H,11,12)(H,13,14). The fraction of sp³-hybridized carbons (Fsp3) is 0.375. The largest absolute Gasteiger partial charge is 0.475 e. The van der Waals surface area contributed by atoms with Crippen molar-refractivity contribution in [1.82, 2.24) is 0 Å². The second-order valence-electron chi connectivity index (χ2n) is 2.52. The van der Waals surface area contributed by atoms with Crippen molar-refractivity contribution in [3.05, 3.63) is 0 Å². The van der Waals surface area contributed by atoms with Crippen molar-refractivity contribution < 1.29 is 38.9 Å². The molecule has 8 heteroatoms. The first kappa shape index (κ1) is 13.8. The lowest BCUT2D eigenvalue weighted by Crippen LogP contribution is -2.40. The molecule has 0 aromatic carbocycles. The molecule has 0 saturated carbocycles. The smallest absolute Gasteiger partial charge is 0.373 e. The maximum absolute atomic E-state index is 11.0. The van der Waals surface area contributed by atoms with Crippen LogP contribution in [0.25, 0.3) is 0 Å². The van der Waals surface area contributed by atoms with E-state index < -0.39 is 35.4 Å². The minimum atomic E-state index is -2.45. The highest BCUT2D eigenvalue weighted by Gasteiger charge is 2.42. The number of esters is 1. The number of aliphatic carboxylic acids is 2. The lowest BCUT2D eigenvalue weighted by atomic mass is 9.99. The lowest BCUT2D eigenvalue weighted by Gasteiger charge is -2.08. The summed E-state index contributed by atoms with van der Waals surface area (Å²) in [6.07, 6.45) is 0. The number of rotatable bonds is 6. The minimum Gasteiger partial charge on any atom is -0.475 e. The van der Waals surface area contributed by atoms with E-state index in [0.717, 1.165) is 0 Å². The van der Waals surface area contributed by atoms with Crippen LogP contribution in [0.2, 0.25) is 0 Å². The van der Waals surface area contributed by atoms with E-state index in [9.17, 15) is 24.0 Å². The van der Waals surface area contributed by atoms with Crippen LogP contribution in [0.4, 0.5) is 0 Å². The third-order valence-electron chi connectivity index (χ3n) is 1.47. The number of hydrogen-bond acceptors (Lipinski definition) is 6. The molecule has 88 valence electrons. The van der Waals surface area contributed by atoms with Gasteiger partial charge in [-0.05, 0) is 6.92 Å². The average molecular weight is 232 g/mol. The zero-order chi connectivity index (χ0) is 12.9. The number of Topliss-reactive ketones (excluding diaryl/α,β-unsaturated/α-hetero) is 2. The highest BCUT2D eigenvalue weighted by atomic mass is 16.5. The summed E-state index contributed by atoms with van der Waals surface area (Å²) in [6, 6.07) is 0. The molecule has 0 unspecified atom stereocenters. The predicted octanol–water partition coefficient (Wildman–Crippen LogP) is -1.53. The first-order valence-corrected chi connectivity index (χ1v) is 4.03. The van der Waals surface area contributed by atoms with Crippen LogP contribution in [0.1, 0.15) is 6.92 Å². The zero-order valence-corrected chi connectivity index (χ0v) is 8.13. The molecule has 0 aliphatic heterocycles. The van der Waals surface area contributed by atoms with Gasteiger partial charge in [-0.3, -0.25) is 14.4 Å². The van der Waals surface area contributed by atoms with Gasteiger partial charge in [0.25, 0.3) is 11.6 Å². The van der Waals surface area contributed by atoms with E-state index in [1.54, 1.807) is 0 Å². The van der Waals surface area contributed by atoms with Gasteiger partial charge < -0.3 is 14.9 Å². The summed E-state index contributed by atoms with van der Waals surface area (Å²) in [4.78, 5) is 53.4. The van der Waals surface area contributed by atoms with Gasteiger partial charge in [0.2, 0.25) is 0 Å². The molecule has 0 fully saturated rings. The summed E-state index contributed by atoms with van der Waals surface area (Å²) < 4.78 is 4.24. The van der Waals surface area contributed by atoms with Crippen molar-refractivity contribution in [2.24, 2.45) is 5.92 Å². The van der Waals surface area contributed by atoms with E-state index >= 15 is 0 Å². The number of carboxylic acids is 2. The number of ketones is 2. The molecule has 8 nitrogen and oxygen atoms in total. The van der Waals surface area contributed by atoms with Crippen molar-refractivity contribution >= 4 is 29.5 Å². The maximum atomic E-state index is 11.0. The van der Waals surface area contributed by atoms with Crippen molar-refractivity contribution in [3.8, 4) is 0 Å². The summed E-state index contributed by atoms with van der Waals surface area (Å²) in [5, 5.41) is 16.6. The molecule has 0 heterocycles. The van der Waals surface area contributed by atoms with E-state index in [0.29, 0.717) is 0 Å². The molecule has 0 saturated heterocycles. The third-order valence-corrected chi connectivity index (χ3v) is 1.47. The van der Waals surface area contributed by atoms with Gasteiger partial charge in [0.05, 0.1) is 6.61 Å². The van der Waals surface area contributed by atoms with E-state index in [4.69, 9.17) is 10.2 Å². The van der Waals surface area contributed by atoms with E-state index in [2.05, 4.69) is 4.74 Å². The number of carbonyl (C=O) groups is 5. The molecule has 0 spiro atoms. The molecule has 0 bridgehead atoms. The van der Waals surface area contributed by atoms with Crippen LogP contribution in [0.15, 0.2) is 0 Å². The van der Waals surface area contributed by atoms with Crippen LogP contribution in [-0.2, 0) is 28.7 Å². The monoisotopic (exact) mass is 232 g/mol. The molecule has 16 heavy (non-hydrogen) atoms. The van der Waals surface area contributed by atoms with Crippen LogP contribution in [0.5, 0.6) is 0 Å². The normalized spacial score (nSPS) is 9.62. The first-order valence-electron chi connectivity index (χ1n) is 4.03. The Bertz CT molecular complexity index is 329. The van der Waals surface area contributed by atoms with Gasteiger partial charge in [-0.25, -0.2) is 9.59 Å². The molecule has 0 aliphatic carbocycles. The lowest BCUT2D eigenvalue weighted by molar-refractivity contribution is -0.165. The maximum Gasteiger partial charge on any atom is 0.373 e. The van der Waals surface area contributed by atoms with E-state index in [-0.39, 0.29) is 6.61 Å². The Morgan fingerprint density at radius 1 is 1.00 bits per heavy atom. The van der Waals surface area contributed by atoms with Crippen molar-refractivity contribution in [1.29, 1.82) is 0 Å². The van der Waals surface area contributed by atoms with E-state index in [1.165, 1.54) is 6.92 Å². The summed E-state index contributed by atoms with van der Waals surface area (Å²) in [5.74, 6) is -11.7. The third kappa shape index (κ3) is 3.15. The quantitative estimate of drug-likeness (QED) is 0.320. The van der Waals surface area contributed by atoms with Gasteiger partial charge in [0.15, 0.2) is 5.92 Å². The molecular weight excluding hydrogens is 224 g/mol. The van der Waals surface area contributed by atoms with Gasteiger partial charge in [0.1, 0.15) is 0 Å². The number of hydrogen-bond donors (Lipinski definition) is 2. The molecular formula is C8H8O8. The van der Waals surface area contributed by atoms with Gasteiger partial charge >= 0.3 is 17.9 Å². The number of carboxylic acid groups (broad SMARTS) is 2. The predicted molar refractivity (Wildman–Crippen MR) is 45.4 cm³/mol. The second-order valence-corrected chi connectivity index (χ2v) is 2.52. The molecule has 0 aliphatic rings. The van der Waals surface area contributed by atoms with Crippen LogP contribution in [0.3, 0.4) is 0 Å². The topological polar surface area (TPSA) is 135 Å². The van der Waals surface area contributed by atoms with E-state index in [1.807, 2.05) is 0 Å². The summed E-state index contributed by atoms with van der Waals surface area (Å²) in [7, 11) is 0. The molecule has 0 radical (unpaired) electrons. The molecule has 0 rings (SSSR count). The summed E-state index contributed by atoms with van der Waals surface area (Å²) in [6.45, 7) is 1.14. The van der Waals surface area contributed by atoms with Gasteiger partial charge in [0, 0.05) is 0 Å². The Hall–Kier alpha value is -2.25. The fourth-order valence-electron chi connectivity index (χ4n) is 0.806. The number of ether oxygens (including phenoxy) is 1. The first-order chi connectivity index (χ1) is 7.32. The second kappa shape index (κ2) is 5.59. The highest BCUT2D eigenvalue weighted by molar-refractivity contribution is 6.51. The molecule has 0 amide bonds. The average Bonchev–Trinajstić information content (AvgIpc) is 2.17. The minimum absolute atomic E-state index is 0.213. The van der Waals surface area contributed by atoms with Crippen LogP contribution in [-0.4, -0.2) is 46.3 Å². The van der Waals surface area contributed by atoms with Gasteiger partial charge in [-0.2, -0.15) is 0 Å². The van der Waals surface area contributed by atoms with Crippen molar-refractivity contribution in [3.63, 3.8) is 0 Å². The molecule has 0 aromatic rings. The van der Waals surface area contributed by atoms with Gasteiger partial charge in [-0.1, -0.05) is 0 Å². The van der Waals surface area contributed by atoms with Crippen molar-refractivity contribution in [2.45, 2.75) is 6.92 Å². The SMILES string of the molecule is CCOC(=O)C(C(=O)C(=O)O)C(=O)C(=O)O. The molecule has 2 N–H and O–H groups in total.